The SMILES string of the molecule is N#CCCCl.O. The summed E-state index contributed by atoms with van der Waals surface area (Å²) >= 11 is 5.08. The van der Waals surface area contributed by atoms with Crippen LogP contribution < -0.4 is 0 Å². The van der Waals surface area contributed by atoms with Gasteiger partial charge in [-0.05, 0) is 0 Å². The van der Waals surface area contributed by atoms with E-state index in [0.717, 1.165) is 0 Å². The van der Waals surface area contributed by atoms with Gasteiger partial charge < -0.3 is 5.48 Å². The predicted octanol–water partition coefficient (Wildman–Crippen LogP) is 0.314. The first-order chi connectivity index (χ1) is 2.41. The third kappa shape index (κ3) is 9.27. The molecule has 3 heteroatoms. The molecule has 0 atom stereocenters. The number of hydrogen-bond donors (Lipinski definition) is 0. The molecule has 0 amide bonds. The zero-order valence-electron chi connectivity index (χ0n) is 3.24. The van der Waals surface area contributed by atoms with Gasteiger partial charge in [0, 0.05) is 12.3 Å². The second-order valence-electron chi connectivity index (χ2n) is 0.597. The van der Waals surface area contributed by atoms with Gasteiger partial charge in [0.05, 0.1) is 6.07 Å². The molecule has 0 aromatic rings. The Morgan fingerprint density at radius 3 is 2.17 bits per heavy atom. The highest BCUT2D eigenvalue weighted by Crippen LogP contribution is 1.76. The molecule has 0 aliphatic rings. The van der Waals surface area contributed by atoms with Crippen molar-refractivity contribution in [3.63, 3.8) is 0 Å². The summed E-state index contributed by atoms with van der Waals surface area (Å²) in [6, 6.07) is 1.89. The van der Waals surface area contributed by atoms with Gasteiger partial charge in [0.15, 0.2) is 0 Å². The van der Waals surface area contributed by atoms with Crippen molar-refractivity contribution in [2.75, 3.05) is 5.88 Å². The van der Waals surface area contributed by atoms with Gasteiger partial charge in [0.2, 0.25) is 0 Å². The van der Waals surface area contributed by atoms with E-state index in [1.807, 2.05) is 6.07 Å². The average molecular weight is 108 g/mol. The fourth-order valence-electron chi connectivity index (χ4n) is 0.0423. The largest absolute Gasteiger partial charge is 0.412 e. The Bertz CT molecular complexity index is 49.2. The minimum absolute atomic E-state index is 0. The van der Waals surface area contributed by atoms with Crippen molar-refractivity contribution in [3.8, 4) is 6.07 Å². The van der Waals surface area contributed by atoms with E-state index in [9.17, 15) is 0 Å². The van der Waals surface area contributed by atoms with Crippen LogP contribution in [-0.4, -0.2) is 11.4 Å². The van der Waals surface area contributed by atoms with Gasteiger partial charge in [-0.1, -0.05) is 0 Å². The van der Waals surface area contributed by atoms with Crippen molar-refractivity contribution in [1.82, 2.24) is 0 Å². The van der Waals surface area contributed by atoms with E-state index in [2.05, 4.69) is 0 Å². The second-order valence-corrected chi connectivity index (χ2v) is 0.975. The Morgan fingerprint density at radius 1 is 1.67 bits per heavy atom. The first-order valence-corrected chi connectivity index (χ1v) is 1.88. The maximum Gasteiger partial charge on any atom is 0.0634 e. The molecule has 0 radical (unpaired) electrons. The van der Waals surface area contributed by atoms with Gasteiger partial charge in [-0.25, -0.2) is 0 Å². The van der Waals surface area contributed by atoms with Crippen molar-refractivity contribution < 1.29 is 5.48 Å². The summed E-state index contributed by atoms with van der Waals surface area (Å²) in [4.78, 5) is 0. The lowest BCUT2D eigenvalue weighted by Gasteiger charge is -1.63. The molecule has 36 valence electrons. The molecule has 0 heterocycles. The molecule has 0 aromatic carbocycles. The number of nitrogens with zero attached hydrogens (tertiary/aromatic N) is 1. The lowest BCUT2D eigenvalue weighted by Crippen LogP contribution is -1.60. The molecule has 0 fully saturated rings. The van der Waals surface area contributed by atoms with Gasteiger partial charge in [0.1, 0.15) is 0 Å². The van der Waals surface area contributed by atoms with Crippen LogP contribution in [0.5, 0.6) is 0 Å². The monoisotopic (exact) mass is 107 g/mol. The highest BCUT2D eigenvalue weighted by Gasteiger charge is 1.67. The molecule has 0 aromatic heterocycles. The van der Waals surface area contributed by atoms with E-state index in [4.69, 9.17) is 16.9 Å². The normalized spacial score (nSPS) is 5.33. The zero-order valence-corrected chi connectivity index (χ0v) is 4.00. The fourth-order valence-corrected chi connectivity index (χ4v) is 0.127. The van der Waals surface area contributed by atoms with Crippen LogP contribution in [0.2, 0.25) is 0 Å². The summed E-state index contributed by atoms with van der Waals surface area (Å²) in [7, 11) is 0. The standard InChI is InChI=1S/C3H4ClN.H2O/c4-2-1-3-5;/h1-2H2;1H2. The van der Waals surface area contributed by atoms with Crippen LogP contribution in [0, 0.1) is 11.3 Å². The van der Waals surface area contributed by atoms with Crippen molar-refractivity contribution in [1.29, 1.82) is 5.26 Å². The van der Waals surface area contributed by atoms with Gasteiger partial charge in [0.25, 0.3) is 0 Å². The first kappa shape index (κ1) is 9.22. The van der Waals surface area contributed by atoms with Gasteiger partial charge in [-0.15, -0.1) is 11.6 Å². The smallest absolute Gasteiger partial charge is 0.0634 e. The number of nitriles is 1. The van der Waals surface area contributed by atoms with Crippen LogP contribution in [0.4, 0.5) is 0 Å². The topological polar surface area (TPSA) is 55.3 Å². The summed E-state index contributed by atoms with van der Waals surface area (Å²) in [6.07, 6.45) is 0.460. The van der Waals surface area contributed by atoms with Gasteiger partial charge in [-0.2, -0.15) is 5.26 Å². The summed E-state index contributed by atoms with van der Waals surface area (Å²) < 4.78 is 0. The minimum atomic E-state index is 0. The van der Waals surface area contributed by atoms with Crippen molar-refractivity contribution in [2.24, 2.45) is 0 Å². The molecule has 0 aliphatic carbocycles. The molecular weight excluding hydrogens is 101 g/mol. The third-order valence-electron chi connectivity index (χ3n) is 0.206. The zero-order chi connectivity index (χ0) is 4.12. The number of alkyl halides is 1. The Morgan fingerprint density at radius 2 is 2.17 bits per heavy atom. The Kier molecular flexibility index (Phi) is 13.6. The quantitative estimate of drug-likeness (QED) is 0.445. The molecule has 0 spiro atoms. The van der Waals surface area contributed by atoms with Crippen LogP contribution in [-0.2, 0) is 0 Å². The number of halogens is 1. The molecule has 0 unspecified atom stereocenters. The molecule has 6 heavy (non-hydrogen) atoms. The molecule has 0 rings (SSSR count). The molecule has 0 saturated carbocycles. The highest BCUT2D eigenvalue weighted by molar-refractivity contribution is 6.17. The van der Waals surface area contributed by atoms with E-state index in [1.54, 1.807) is 0 Å². The fraction of sp³-hybridized carbons (Fsp3) is 0.667. The predicted molar refractivity (Wildman–Crippen MR) is 24.6 cm³/mol. The summed E-state index contributed by atoms with van der Waals surface area (Å²) in [5.74, 6) is 0.455. The van der Waals surface area contributed by atoms with E-state index in [-0.39, 0.29) is 5.48 Å². The van der Waals surface area contributed by atoms with Crippen LogP contribution in [0.3, 0.4) is 0 Å². The van der Waals surface area contributed by atoms with E-state index < -0.39 is 0 Å². The third-order valence-corrected chi connectivity index (χ3v) is 0.395. The highest BCUT2D eigenvalue weighted by atomic mass is 35.5. The van der Waals surface area contributed by atoms with Gasteiger partial charge in [-0.3, -0.25) is 0 Å². The maximum atomic E-state index is 7.73. The van der Waals surface area contributed by atoms with Crippen molar-refractivity contribution in [2.45, 2.75) is 6.42 Å². The van der Waals surface area contributed by atoms with E-state index in [0.29, 0.717) is 12.3 Å². The molecule has 2 nitrogen and oxygen atoms in total. The molecule has 2 N–H and O–H groups in total. The lowest BCUT2D eigenvalue weighted by molar-refractivity contribution is 0.824. The lowest BCUT2D eigenvalue weighted by atomic mass is 10.6. The molecular formula is C3H6ClNO. The van der Waals surface area contributed by atoms with Gasteiger partial charge >= 0.3 is 0 Å². The van der Waals surface area contributed by atoms with Crippen molar-refractivity contribution >= 4 is 11.6 Å². The van der Waals surface area contributed by atoms with Crippen LogP contribution >= 0.6 is 11.6 Å². The first-order valence-electron chi connectivity index (χ1n) is 1.34. The Balaban J connectivity index is 0. The summed E-state index contributed by atoms with van der Waals surface area (Å²) in [5, 5.41) is 7.73. The van der Waals surface area contributed by atoms with Crippen LogP contribution in [0.15, 0.2) is 0 Å². The minimum Gasteiger partial charge on any atom is -0.412 e. The molecule has 0 aliphatic heterocycles. The summed E-state index contributed by atoms with van der Waals surface area (Å²) in [6.45, 7) is 0. The average Bonchev–Trinajstić information content (AvgIpc) is 1.41. The Labute approximate surface area is 41.6 Å². The van der Waals surface area contributed by atoms with E-state index in [1.165, 1.54) is 0 Å². The van der Waals surface area contributed by atoms with Crippen LogP contribution in [0.1, 0.15) is 6.42 Å². The number of hydrogen-bond acceptors (Lipinski definition) is 1. The Hall–Kier alpha value is -0.260. The number of rotatable bonds is 1. The molecule has 0 saturated heterocycles. The maximum absolute atomic E-state index is 7.73. The molecule has 0 bridgehead atoms. The van der Waals surface area contributed by atoms with Crippen LogP contribution in [0.25, 0.3) is 0 Å². The van der Waals surface area contributed by atoms with E-state index >= 15 is 0 Å². The second kappa shape index (κ2) is 8.83. The summed E-state index contributed by atoms with van der Waals surface area (Å²) in [5.41, 5.74) is 0. The van der Waals surface area contributed by atoms with Crippen molar-refractivity contribution in [3.05, 3.63) is 0 Å².